The molecule has 0 spiro atoms. The molecule has 1 fully saturated rings. The maximum atomic E-state index is 13.7. The Kier molecular flexibility index (Phi) is 3.08. The second kappa shape index (κ2) is 4.22. The fourth-order valence-electron chi connectivity index (χ4n) is 1.87. The first-order chi connectivity index (χ1) is 8.68. The second-order valence-electron chi connectivity index (χ2n) is 5.66. The summed E-state index contributed by atoms with van der Waals surface area (Å²) in [7, 11) is -0.771. The van der Waals surface area contributed by atoms with Gasteiger partial charge in [0, 0.05) is 5.46 Å². The van der Waals surface area contributed by atoms with Gasteiger partial charge in [-0.05, 0) is 39.8 Å². The molecule has 1 aromatic rings. The second-order valence-corrected chi connectivity index (χ2v) is 5.66. The van der Waals surface area contributed by atoms with Gasteiger partial charge in [0.1, 0.15) is 5.82 Å². The molecule has 0 radical (unpaired) electrons. The van der Waals surface area contributed by atoms with E-state index >= 15 is 0 Å². The van der Waals surface area contributed by atoms with Crippen LogP contribution in [0.4, 0.5) is 10.1 Å². The van der Waals surface area contributed by atoms with Crippen molar-refractivity contribution in [3.05, 3.63) is 23.5 Å². The molecule has 0 aromatic heterocycles. The third-order valence-electron chi connectivity index (χ3n) is 3.80. The van der Waals surface area contributed by atoms with E-state index < -0.39 is 24.1 Å². The molecule has 2 rings (SSSR count). The van der Waals surface area contributed by atoms with Crippen LogP contribution in [0.1, 0.15) is 33.3 Å². The van der Waals surface area contributed by atoms with Crippen LogP contribution in [0.5, 0.6) is 0 Å². The minimum atomic E-state index is -0.771. The number of nitrogens with zero attached hydrogens (tertiary/aromatic N) is 1. The van der Waals surface area contributed by atoms with E-state index in [0.29, 0.717) is 5.46 Å². The Labute approximate surface area is 112 Å². The summed E-state index contributed by atoms with van der Waals surface area (Å²) in [6.07, 6.45) is 0. The van der Waals surface area contributed by atoms with E-state index in [-0.39, 0.29) is 11.3 Å². The van der Waals surface area contributed by atoms with Crippen molar-refractivity contribution in [2.24, 2.45) is 0 Å². The highest BCUT2D eigenvalue weighted by molar-refractivity contribution is 6.63. The van der Waals surface area contributed by atoms with Gasteiger partial charge in [0.05, 0.1) is 28.5 Å². The average Bonchev–Trinajstić information content (AvgIpc) is 2.51. The molecule has 2 N–H and O–H groups in total. The molecule has 0 aliphatic carbocycles. The first-order valence-electron chi connectivity index (χ1n) is 6.02. The van der Waals surface area contributed by atoms with Gasteiger partial charge >= 0.3 is 7.12 Å². The van der Waals surface area contributed by atoms with Gasteiger partial charge < -0.3 is 15.0 Å². The van der Waals surface area contributed by atoms with Crippen molar-refractivity contribution < 1.29 is 13.7 Å². The lowest BCUT2D eigenvalue weighted by atomic mass is 9.77. The molecule has 0 atom stereocenters. The molecule has 19 heavy (non-hydrogen) atoms. The molecule has 0 saturated carbocycles. The summed E-state index contributed by atoms with van der Waals surface area (Å²) in [6.45, 7) is 7.59. The van der Waals surface area contributed by atoms with Gasteiger partial charge in [-0.2, -0.15) is 5.26 Å². The quantitative estimate of drug-likeness (QED) is 0.616. The molecule has 1 aromatic carbocycles. The summed E-state index contributed by atoms with van der Waals surface area (Å²) in [5.74, 6) is -0.635. The van der Waals surface area contributed by atoms with Gasteiger partial charge in [-0.15, -0.1) is 0 Å². The summed E-state index contributed by atoms with van der Waals surface area (Å²) in [5, 5.41) is 8.89. The van der Waals surface area contributed by atoms with Crippen LogP contribution in [0.3, 0.4) is 0 Å². The number of nitrogen functional groups attached to an aromatic ring is 1. The van der Waals surface area contributed by atoms with Gasteiger partial charge in [-0.25, -0.2) is 4.39 Å². The number of rotatable bonds is 1. The zero-order valence-corrected chi connectivity index (χ0v) is 11.5. The number of nitrogens with two attached hydrogens (primary N) is 1. The highest BCUT2D eigenvalue weighted by atomic mass is 19.1. The lowest BCUT2D eigenvalue weighted by Crippen LogP contribution is -2.41. The van der Waals surface area contributed by atoms with Crippen molar-refractivity contribution in [2.45, 2.75) is 38.9 Å². The maximum Gasteiger partial charge on any atom is 0.497 e. The Morgan fingerprint density at radius 3 is 2.21 bits per heavy atom. The van der Waals surface area contributed by atoms with Crippen molar-refractivity contribution in [1.82, 2.24) is 0 Å². The minimum absolute atomic E-state index is 0.0440. The number of anilines is 1. The number of nitriles is 1. The van der Waals surface area contributed by atoms with E-state index in [2.05, 4.69) is 0 Å². The molecular formula is C13H16BFN2O2. The molecule has 4 nitrogen and oxygen atoms in total. The van der Waals surface area contributed by atoms with Gasteiger partial charge in [0.15, 0.2) is 0 Å². The summed E-state index contributed by atoms with van der Waals surface area (Å²) in [5.41, 5.74) is 5.15. The fourth-order valence-corrected chi connectivity index (χ4v) is 1.87. The van der Waals surface area contributed by atoms with Crippen LogP contribution in [0.2, 0.25) is 0 Å². The fraction of sp³-hybridized carbons (Fsp3) is 0.462. The van der Waals surface area contributed by atoms with E-state index in [4.69, 9.17) is 20.3 Å². The standard InChI is InChI=1S/C13H16BFN2O2/c1-12(2)13(3,4)19-14(18-12)9-5-8(7-16)6-10(15)11(9)17/h5-6H,17H2,1-4H3. The van der Waals surface area contributed by atoms with E-state index in [0.717, 1.165) is 6.07 Å². The Morgan fingerprint density at radius 2 is 1.74 bits per heavy atom. The summed E-state index contributed by atoms with van der Waals surface area (Å²) in [4.78, 5) is 0. The molecule has 1 heterocycles. The molecule has 0 bridgehead atoms. The molecular weight excluding hydrogens is 246 g/mol. The molecule has 100 valence electrons. The Bertz CT molecular complexity index is 550. The summed E-state index contributed by atoms with van der Waals surface area (Å²) < 4.78 is 25.3. The molecule has 1 aliphatic rings. The monoisotopic (exact) mass is 262 g/mol. The zero-order valence-electron chi connectivity index (χ0n) is 11.5. The Hall–Kier alpha value is -1.58. The van der Waals surface area contributed by atoms with Crippen molar-refractivity contribution in [3.8, 4) is 6.07 Å². The maximum absolute atomic E-state index is 13.7. The lowest BCUT2D eigenvalue weighted by molar-refractivity contribution is 0.00578. The van der Waals surface area contributed by atoms with Gasteiger partial charge in [-0.3, -0.25) is 0 Å². The van der Waals surface area contributed by atoms with Crippen LogP contribution < -0.4 is 11.2 Å². The Balaban J connectivity index is 2.45. The van der Waals surface area contributed by atoms with Gasteiger partial charge in [0.25, 0.3) is 0 Å². The number of halogens is 1. The third-order valence-corrected chi connectivity index (χ3v) is 3.80. The number of hydrogen-bond donors (Lipinski definition) is 1. The van der Waals surface area contributed by atoms with Crippen LogP contribution in [-0.2, 0) is 9.31 Å². The molecule has 1 saturated heterocycles. The van der Waals surface area contributed by atoms with Gasteiger partial charge in [0.2, 0.25) is 0 Å². The highest BCUT2D eigenvalue weighted by Crippen LogP contribution is 2.37. The zero-order chi connectivity index (χ0) is 14.4. The number of benzene rings is 1. The van der Waals surface area contributed by atoms with Crippen LogP contribution >= 0.6 is 0 Å². The molecule has 1 aliphatic heterocycles. The normalized spacial score (nSPS) is 20.3. The van der Waals surface area contributed by atoms with Crippen LogP contribution in [0.15, 0.2) is 12.1 Å². The molecule has 0 amide bonds. The number of hydrogen-bond acceptors (Lipinski definition) is 4. The third kappa shape index (κ3) is 2.20. The minimum Gasteiger partial charge on any atom is -0.399 e. The first-order valence-corrected chi connectivity index (χ1v) is 6.02. The topological polar surface area (TPSA) is 68.3 Å². The SMILES string of the molecule is CC1(C)OB(c2cc(C#N)cc(F)c2N)OC1(C)C. The van der Waals surface area contributed by atoms with Crippen LogP contribution in [0, 0.1) is 17.1 Å². The first kappa shape index (κ1) is 13.8. The molecule has 6 heteroatoms. The highest BCUT2D eigenvalue weighted by Gasteiger charge is 2.52. The van der Waals surface area contributed by atoms with Crippen molar-refractivity contribution >= 4 is 18.3 Å². The predicted octanol–water partition coefficient (Wildman–Crippen LogP) is 1.58. The average molecular weight is 262 g/mol. The van der Waals surface area contributed by atoms with Gasteiger partial charge in [-0.1, -0.05) is 0 Å². The largest absolute Gasteiger partial charge is 0.497 e. The van der Waals surface area contributed by atoms with Crippen LogP contribution in [0.25, 0.3) is 0 Å². The van der Waals surface area contributed by atoms with Crippen molar-refractivity contribution in [2.75, 3.05) is 5.73 Å². The van der Waals surface area contributed by atoms with E-state index in [9.17, 15) is 4.39 Å². The summed E-state index contributed by atoms with van der Waals surface area (Å²) in [6, 6.07) is 4.50. The summed E-state index contributed by atoms with van der Waals surface area (Å²) >= 11 is 0. The smallest absolute Gasteiger partial charge is 0.399 e. The van der Waals surface area contributed by atoms with Crippen molar-refractivity contribution in [3.63, 3.8) is 0 Å². The lowest BCUT2D eigenvalue weighted by Gasteiger charge is -2.32. The van der Waals surface area contributed by atoms with Crippen molar-refractivity contribution in [1.29, 1.82) is 5.26 Å². The molecule has 0 unspecified atom stereocenters. The van der Waals surface area contributed by atoms with E-state index in [1.54, 1.807) is 0 Å². The Morgan fingerprint density at radius 1 is 1.21 bits per heavy atom. The predicted molar refractivity (Wildman–Crippen MR) is 71.2 cm³/mol. The van der Waals surface area contributed by atoms with E-state index in [1.807, 2.05) is 33.8 Å². The van der Waals surface area contributed by atoms with E-state index in [1.165, 1.54) is 6.07 Å². The van der Waals surface area contributed by atoms with Crippen LogP contribution in [-0.4, -0.2) is 18.3 Å².